The molecule has 2 bridgehead atoms. The van der Waals surface area contributed by atoms with Crippen LogP contribution in [0.15, 0.2) is 24.3 Å². The van der Waals surface area contributed by atoms with Crippen LogP contribution in [0.5, 0.6) is 11.5 Å². The molecule has 5 rings (SSSR count). The second-order valence-electron chi connectivity index (χ2n) is 11.4. The monoisotopic (exact) mass is 381 g/mol. The molecule has 1 unspecified atom stereocenters. The standard InChI is InChI=1S/C25H35NO2/c1-15-8-10-17-18-14-16-9-11-19(28-24(5,6)7)21-20(16)25(17,22(15)27-21)12-13-26(18)23(2,3)4/h8-11,15,17-18,22H,12-14H2,1-7H3/t15-,17?,18+,22-,25-/m0/s1. The average Bonchev–Trinajstić information content (AvgIpc) is 2.90. The quantitative estimate of drug-likeness (QED) is 0.631. The summed E-state index contributed by atoms with van der Waals surface area (Å²) in [5.41, 5.74) is 3.03. The summed E-state index contributed by atoms with van der Waals surface area (Å²) in [7, 11) is 0. The summed E-state index contributed by atoms with van der Waals surface area (Å²) in [6.45, 7) is 16.9. The van der Waals surface area contributed by atoms with Crippen LogP contribution in [0.1, 0.15) is 66.0 Å². The maximum Gasteiger partial charge on any atom is 0.165 e. The van der Waals surface area contributed by atoms with Crippen molar-refractivity contribution >= 4 is 0 Å². The third kappa shape index (κ3) is 2.38. The molecule has 0 N–H and O–H groups in total. The molecule has 3 heteroatoms. The predicted octanol–water partition coefficient (Wildman–Crippen LogP) is 5.11. The molecule has 1 aromatic carbocycles. The molecule has 3 nitrogen and oxygen atoms in total. The Morgan fingerprint density at radius 1 is 1.11 bits per heavy atom. The largest absolute Gasteiger partial charge is 0.485 e. The molecule has 0 amide bonds. The van der Waals surface area contributed by atoms with Gasteiger partial charge >= 0.3 is 0 Å². The van der Waals surface area contributed by atoms with Crippen LogP contribution < -0.4 is 9.47 Å². The Bertz CT molecular complexity index is 843. The van der Waals surface area contributed by atoms with E-state index in [0.717, 1.165) is 24.5 Å². The molecule has 1 fully saturated rings. The van der Waals surface area contributed by atoms with Gasteiger partial charge in [-0.05, 0) is 72.6 Å². The number of piperidine rings is 1. The van der Waals surface area contributed by atoms with E-state index in [2.05, 4.69) is 77.7 Å². The van der Waals surface area contributed by atoms with Gasteiger partial charge in [-0.3, -0.25) is 4.90 Å². The zero-order chi connectivity index (χ0) is 20.1. The number of ether oxygens (including phenoxy) is 2. The van der Waals surface area contributed by atoms with Crippen LogP contribution in [0.3, 0.4) is 0 Å². The number of rotatable bonds is 1. The first-order valence-electron chi connectivity index (χ1n) is 11.0. The summed E-state index contributed by atoms with van der Waals surface area (Å²) >= 11 is 0. The van der Waals surface area contributed by atoms with E-state index in [0.29, 0.717) is 17.9 Å². The minimum Gasteiger partial charge on any atom is -0.485 e. The minimum atomic E-state index is -0.227. The van der Waals surface area contributed by atoms with Crippen LogP contribution in [0, 0.1) is 11.8 Å². The summed E-state index contributed by atoms with van der Waals surface area (Å²) in [5.74, 6) is 2.93. The average molecular weight is 382 g/mol. The maximum atomic E-state index is 6.79. The van der Waals surface area contributed by atoms with Crippen LogP contribution >= 0.6 is 0 Å². The van der Waals surface area contributed by atoms with Crippen LogP contribution in [0.2, 0.25) is 0 Å². The van der Waals surface area contributed by atoms with Gasteiger partial charge in [-0.25, -0.2) is 0 Å². The molecule has 1 spiro atoms. The third-order valence-electron chi connectivity index (χ3n) is 7.41. The highest BCUT2D eigenvalue weighted by molar-refractivity contribution is 5.62. The summed E-state index contributed by atoms with van der Waals surface area (Å²) in [6, 6.07) is 5.03. The van der Waals surface area contributed by atoms with Gasteiger partial charge in [0.05, 0.1) is 0 Å². The van der Waals surface area contributed by atoms with E-state index in [1.807, 2.05) is 0 Å². The fourth-order valence-electron chi connectivity index (χ4n) is 6.55. The van der Waals surface area contributed by atoms with Crippen molar-refractivity contribution in [3.8, 4) is 11.5 Å². The molecule has 28 heavy (non-hydrogen) atoms. The first-order valence-corrected chi connectivity index (χ1v) is 11.0. The van der Waals surface area contributed by atoms with Crippen LogP contribution in [-0.4, -0.2) is 34.7 Å². The molecular formula is C25H35NO2. The molecule has 5 atom stereocenters. The normalized spacial score (nSPS) is 36.1. The molecular weight excluding hydrogens is 346 g/mol. The molecule has 2 aliphatic carbocycles. The Kier molecular flexibility index (Phi) is 3.68. The number of nitrogens with zero attached hydrogens (tertiary/aromatic N) is 1. The fourth-order valence-corrected chi connectivity index (χ4v) is 6.55. The SMILES string of the molecule is C[C@H]1C=CC2[C@H]3Cc4ccc(OC(C)(C)C)c5c4[C@@]2(CCN3C(C)(C)C)[C@H]1O5. The summed E-state index contributed by atoms with van der Waals surface area (Å²) in [4.78, 5) is 2.75. The van der Waals surface area contributed by atoms with Gasteiger partial charge < -0.3 is 9.47 Å². The van der Waals surface area contributed by atoms with Crippen LogP contribution in [0.4, 0.5) is 0 Å². The maximum absolute atomic E-state index is 6.79. The first-order chi connectivity index (χ1) is 13.0. The third-order valence-corrected chi connectivity index (χ3v) is 7.41. The van der Waals surface area contributed by atoms with E-state index in [9.17, 15) is 0 Å². The topological polar surface area (TPSA) is 21.7 Å². The first kappa shape index (κ1) is 18.5. The Hall–Kier alpha value is -1.48. The van der Waals surface area contributed by atoms with Gasteiger partial charge in [0.2, 0.25) is 0 Å². The van der Waals surface area contributed by atoms with Gasteiger partial charge in [0.1, 0.15) is 11.7 Å². The molecule has 1 aromatic rings. The second kappa shape index (κ2) is 5.56. The van der Waals surface area contributed by atoms with E-state index in [-0.39, 0.29) is 22.7 Å². The van der Waals surface area contributed by atoms with Crippen molar-refractivity contribution in [3.05, 3.63) is 35.4 Å². The predicted molar refractivity (Wildman–Crippen MR) is 113 cm³/mol. The van der Waals surface area contributed by atoms with Gasteiger partial charge in [0, 0.05) is 34.4 Å². The van der Waals surface area contributed by atoms with Crippen LogP contribution in [0.25, 0.3) is 0 Å². The lowest BCUT2D eigenvalue weighted by Gasteiger charge is -2.60. The Morgan fingerprint density at radius 3 is 2.54 bits per heavy atom. The highest BCUT2D eigenvalue weighted by Crippen LogP contribution is 2.64. The van der Waals surface area contributed by atoms with Gasteiger partial charge in [0.25, 0.3) is 0 Å². The van der Waals surface area contributed by atoms with E-state index in [1.165, 1.54) is 17.5 Å². The zero-order valence-electron chi connectivity index (χ0n) is 18.5. The molecule has 1 saturated heterocycles. The lowest BCUT2D eigenvalue weighted by molar-refractivity contribution is -0.0576. The van der Waals surface area contributed by atoms with Crippen molar-refractivity contribution in [2.45, 2.75) is 90.0 Å². The Balaban J connectivity index is 1.70. The summed E-state index contributed by atoms with van der Waals surface area (Å²) in [5, 5.41) is 0. The molecule has 152 valence electrons. The van der Waals surface area contributed by atoms with Gasteiger partial charge in [-0.2, -0.15) is 0 Å². The van der Waals surface area contributed by atoms with E-state index in [1.54, 1.807) is 0 Å². The van der Waals surface area contributed by atoms with Gasteiger partial charge in [-0.15, -0.1) is 0 Å². The van der Waals surface area contributed by atoms with Gasteiger partial charge in [-0.1, -0.05) is 25.1 Å². The highest BCUT2D eigenvalue weighted by atomic mass is 16.5. The van der Waals surface area contributed by atoms with E-state index < -0.39 is 0 Å². The van der Waals surface area contributed by atoms with Crippen molar-refractivity contribution in [2.24, 2.45) is 11.8 Å². The fraction of sp³-hybridized carbons (Fsp3) is 0.680. The van der Waals surface area contributed by atoms with Gasteiger partial charge in [0.15, 0.2) is 11.5 Å². The molecule has 0 aromatic heterocycles. The zero-order valence-corrected chi connectivity index (χ0v) is 18.5. The van der Waals surface area contributed by atoms with E-state index >= 15 is 0 Å². The molecule has 2 heterocycles. The molecule has 2 aliphatic heterocycles. The highest BCUT2D eigenvalue weighted by Gasteiger charge is 2.64. The lowest BCUT2D eigenvalue weighted by atomic mass is 9.52. The second-order valence-corrected chi connectivity index (χ2v) is 11.4. The van der Waals surface area contributed by atoms with Crippen molar-refractivity contribution in [1.29, 1.82) is 0 Å². The molecule has 0 radical (unpaired) electrons. The number of hydrogen-bond donors (Lipinski definition) is 0. The number of benzene rings is 1. The lowest BCUT2D eigenvalue weighted by Crippen LogP contribution is -2.67. The van der Waals surface area contributed by atoms with Crippen molar-refractivity contribution in [2.75, 3.05) is 6.54 Å². The van der Waals surface area contributed by atoms with Crippen LogP contribution in [-0.2, 0) is 11.8 Å². The minimum absolute atomic E-state index is 0.112. The molecule has 4 aliphatic rings. The number of likely N-dealkylation sites (tertiary alicyclic amines) is 1. The van der Waals surface area contributed by atoms with Crippen molar-refractivity contribution in [1.82, 2.24) is 4.90 Å². The van der Waals surface area contributed by atoms with Crippen molar-refractivity contribution < 1.29 is 9.47 Å². The summed E-state index contributed by atoms with van der Waals surface area (Å²) < 4.78 is 13.1. The molecule has 0 saturated carbocycles. The van der Waals surface area contributed by atoms with E-state index in [4.69, 9.17) is 9.47 Å². The van der Waals surface area contributed by atoms with Crippen molar-refractivity contribution in [3.63, 3.8) is 0 Å². The summed E-state index contributed by atoms with van der Waals surface area (Å²) in [6.07, 6.45) is 7.45. The Morgan fingerprint density at radius 2 is 1.86 bits per heavy atom. The smallest absolute Gasteiger partial charge is 0.165 e. The Labute approximate surface area is 170 Å². The number of hydrogen-bond acceptors (Lipinski definition) is 3.